The minimum atomic E-state index is -3.81. The van der Waals surface area contributed by atoms with Crippen molar-refractivity contribution in [1.82, 2.24) is 10.0 Å². The zero-order chi connectivity index (χ0) is 15.7. The average molecular weight is 304 g/mol. The Kier molecular flexibility index (Phi) is 4.25. The van der Waals surface area contributed by atoms with Gasteiger partial charge in [0, 0.05) is 6.07 Å². The molecule has 8 nitrogen and oxygen atoms in total. The highest BCUT2D eigenvalue weighted by molar-refractivity contribution is 7.89. The van der Waals surface area contributed by atoms with E-state index in [1.807, 2.05) is 0 Å². The summed E-state index contributed by atoms with van der Waals surface area (Å²) in [6.07, 6.45) is 0. The number of nitrogens with one attached hydrogen (secondary N) is 2. The summed E-state index contributed by atoms with van der Waals surface area (Å²) in [7, 11) is -2.60. The summed E-state index contributed by atoms with van der Waals surface area (Å²) < 4.78 is 30.2. The van der Waals surface area contributed by atoms with Gasteiger partial charge in [-0.15, -0.1) is 0 Å². The predicted molar refractivity (Wildman–Crippen MR) is 68.9 cm³/mol. The first kappa shape index (κ1) is 16.2. The molecule has 9 heteroatoms. The second-order valence-corrected chi connectivity index (χ2v) is 6.44. The monoisotopic (exact) mass is 304 g/mol. The van der Waals surface area contributed by atoms with E-state index >= 15 is 0 Å². The van der Waals surface area contributed by atoms with E-state index in [4.69, 9.17) is 9.52 Å². The van der Waals surface area contributed by atoms with Crippen LogP contribution in [0.5, 0.6) is 0 Å². The fourth-order valence-corrected chi connectivity index (χ4v) is 2.03. The molecule has 0 fully saturated rings. The van der Waals surface area contributed by atoms with Gasteiger partial charge in [-0.1, -0.05) is 0 Å². The largest absolute Gasteiger partial charge is 0.480 e. The highest BCUT2D eigenvalue weighted by Crippen LogP contribution is 2.19. The third-order valence-corrected chi connectivity index (χ3v) is 3.90. The average Bonchev–Trinajstić information content (AvgIpc) is 2.71. The Bertz CT molecular complexity index is 644. The van der Waals surface area contributed by atoms with E-state index in [0.717, 1.165) is 6.07 Å². The Hall–Kier alpha value is -1.87. The third-order valence-electron chi connectivity index (χ3n) is 2.63. The number of carbonyl (C=O) groups is 2. The minimum Gasteiger partial charge on any atom is -0.480 e. The second kappa shape index (κ2) is 5.25. The molecule has 0 aliphatic heterocycles. The number of amides is 1. The maximum absolute atomic E-state index is 12.0. The fraction of sp³-hybridized carbons (Fsp3) is 0.455. The standard InChI is InChI=1S/C11H16N2O6S/c1-6-7(5-8(19-6)20(17,18)12-4)9(14)13-11(2,3)10(15)16/h5,12H,1-4H3,(H,13,14)(H,15,16). The van der Waals surface area contributed by atoms with E-state index in [9.17, 15) is 18.0 Å². The summed E-state index contributed by atoms with van der Waals surface area (Å²) in [5, 5.41) is 10.8. The van der Waals surface area contributed by atoms with Crippen LogP contribution in [0.2, 0.25) is 0 Å². The quantitative estimate of drug-likeness (QED) is 0.707. The number of carboxylic acids is 1. The second-order valence-electron chi connectivity index (χ2n) is 4.63. The van der Waals surface area contributed by atoms with Crippen molar-refractivity contribution in [3.05, 3.63) is 17.4 Å². The summed E-state index contributed by atoms with van der Waals surface area (Å²) in [6.45, 7) is 4.04. The molecule has 1 aromatic rings. The molecule has 0 unspecified atom stereocenters. The molecule has 1 aromatic heterocycles. The lowest BCUT2D eigenvalue weighted by atomic mass is 10.1. The first-order valence-corrected chi connectivity index (χ1v) is 7.09. The summed E-state index contributed by atoms with van der Waals surface area (Å²) in [5.41, 5.74) is -1.52. The Morgan fingerprint density at radius 2 is 1.90 bits per heavy atom. The van der Waals surface area contributed by atoms with Crippen LogP contribution >= 0.6 is 0 Å². The number of aryl methyl sites for hydroxylation is 1. The van der Waals surface area contributed by atoms with Crippen molar-refractivity contribution in [3.8, 4) is 0 Å². The maximum atomic E-state index is 12.0. The van der Waals surface area contributed by atoms with E-state index in [1.54, 1.807) is 0 Å². The minimum absolute atomic E-state index is 0.0341. The number of carboxylic acid groups (broad SMARTS) is 1. The topological polar surface area (TPSA) is 126 Å². The van der Waals surface area contributed by atoms with Crippen LogP contribution in [-0.4, -0.2) is 38.0 Å². The van der Waals surface area contributed by atoms with Crippen LogP contribution in [0.25, 0.3) is 0 Å². The number of sulfonamides is 1. The van der Waals surface area contributed by atoms with Crippen molar-refractivity contribution in [3.63, 3.8) is 0 Å². The molecule has 0 bridgehead atoms. The molecule has 112 valence electrons. The van der Waals surface area contributed by atoms with E-state index in [1.165, 1.54) is 27.8 Å². The van der Waals surface area contributed by atoms with Gasteiger partial charge in [0.2, 0.25) is 5.09 Å². The molecular formula is C11H16N2O6S. The number of hydrogen-bond donors (Lipinski definition) is 3. The molecule has 0 aliphatic rings. The van der Waals surface area contributed by atoms with E-state index in [2.05, 4.69) is 10.0 Å². The first-order valence-electron chi connectivity index (χ1n) is 5.61. The van der Waals surface area contributed by atoms with Gasteiger partial charge in [0.05, 0.1) is 5.56 Å². The van der Waals surface area contributed by atoms with Crippen molar-refractivity contribution in [1.29, 1.82) is 0 Å². The van der Waals surface area contributed by atoms with Crippen LogP contribution in [0.15, 0.2) is 15.6 Å². The van der Waals surface area contributed by atoms with E-state index in [0.29, 0.717) is 0 Å². The normalized spacial score (nSPS) is 12.2. The fourth-order valence-electron chi connectivity index (χ4n) is 1.32. The van der Waals surface area contributed by atoms with Crippen molar-refractivity contribution < 1.29 is 27.5 Å². The van der Waals surface area contributed by atoms with Crippen LogP contribution in [0.1, 0.15) is 30.0 Å². The van der Waals surface area contributed by atoms with Gasteiger partial charge in [0.15, 0.2) is 0 Å². The van der Waals surface area contributed by atoms with Gasteiger partial charge in [0.25, 0.3) is 15.9 Å². The highest BCUT2D eigenvalue weighted by Gasteiger charge is 2.31. The lowest BCUT2D eigenvalue weighted by molar-refractivity contribution is -0.143. The summed E-state index contributed by atoms with van der Waals surface area (Å²) >= 11 is 0. The molecule has 0 radical (unpaired) electrons. The molecule has 0 saturated carbocycles. The van der Waals surface area contributed by atoms with E-state index < -0.39 is 32.5 Å². The lowest BCUT2D eigenvalue weighted by Gasteiger charge is -2.20. The highest BCUT2D eigenvalue weighted by atomic mass is 32.2. The van der Waals surface area contributed by atoms with Gasteiger partial charge in [-0.05, 0) is 27.8 Å². The third kappa shape index (κ3) is 3.17. The molecule has 1 amide bonds. The van der Waals surface area contributed by atoms with Gasteiger partial charge in [-0.2, -0.15) is 0 Å². The maximum Gasteiger partial charge on any atom is 0.328 e. The van der Waals surface area contributed by atoms with Crippen LogP contribution in [0.4, 0.5) is 0 Å². The molecule has 20 heavy (non-hydrogen) atoms. The molecule has 3 N–H and O–H groups in total. The summed E-state index contributed by atoms with van der Waals surface area (Å²) in [6, 6.07) is 1.05. The molecule has 0 saturated heterocycles. The van der Waals surface area contributed by atoms with E-state index in [-0.39, 0.29) is 11.3 Å². The van der Waals surface area contributed by atoms with Crippen molar-refractivity contribution >= 4 is 21.9 Å². The molecule has 0 aromatic carbocycles. The zero-order valence-corrected chi connectivity index (χ0v) is 12.3. The Morgan fingerprint density at radius 3 is 2.35 bits per heavy atom. The molecule has 1 rings (SSSR count). The number of rotatable bonds is 5. The molecular weight excluding hydrogens is 288 g/mol. The van der Waals surface area contributed by atoms with Gasteiger partial charge in [-0.3, -0.25) is 4.79 Å². The molecule has 0 atom stereocenters. The number of aliphatic carboxylic acids is 1. The number of hydrogen-bond acceptors (Lipinski definition) is 5. The molecule has 1 heterocycles. The smallest absolute Gasteiger partial charge is 0.328 e. The van der Waals surface area contributed by atoms with Crippen molar-refractivity contribution in [2.75, 3.05) is 7.05 Å². The first-order chi connectivity index (χ1) is 9.01. The zero-order valence-electron chi connectivity index (χ0n) is 11.5. The van der Waals surface area contributed by atoms with Crippen LogP contribution in [0.3, 0.4) is 0 Å². The summed E-state index contributed by atoms with van der Waals surface area (Å²) in [5.74, 6) is -1.86. The van der Waals surface area contributed by atoms with Gasteiger partial charge < -0.3 is 14.8 Å². The van der Waals surface area contributed by atoms with Crippen LogP contribution in [-0.2, 0) is 14.8 Å². The van der Waals surface area contributed by atoms with Gasteiger partial charge in [0.1, 0.15) is 11.3 Å². The van der Waals surface area contributed by atoms with Gasteiger partial charge >= 0.3 is 5.97 Å². The van der Waals surface area contributed by atoms with Crippen LogP contribution in [0, 0.1) is 6.92 Å². The Balaban J connectivity index is 3.11. The summed E-state index contributed by atoms with van der Waals surface area (Å²) in [4.78, 5) is 22.9. The van der Waals surface area contributed by atoms with Crippen LogP contribution < -0.4 is 10.0 Å². The Morgan fingerprint density at radius 1 is 1.35 bits per heavy atom. The Labute approximate surface area is 116 Å². The number of furan rings is 1. The SMILES string of the molecule is CNS(=O)(=O)c1cc(C(=O)NC(C)(C)C(=O)O)c(C)o1. The molecule has 0 aliphatic carbocycles. The number of carbonyl (C=O) groups excluding carboxylic acids is 1. The molecule has 0 spiro atoms. The lowest BCUT2D eigenvalue weighted by Crippen LogP contribution is -2.49. The van der Waals surface area contributed by atoms with Crippen molar-refractivity contribution in [2.24, 2.45) is 0 Å². The van der Waals surface area contributed by atoms with Crippen molar-refractivity contribution in [2.45, 2.75) is 31.4 Å². The van der Waals surface area contributed by atoms with Gasteiger partial charge in [-0.25, -0.2) is 17.9 Å². The predicted octanol–water partition coefficient (Wildman–Crippen LogP) is 0.0891.